The largest absolute Gasteiger partial charge is 0.481 e. The van der Waals surface area contributed by atoms with E-state index in [0.717, 1.165) is 12.0 Å². The van der Waals surface area contributed by atoms with E-state index in [1.54, 1.807) is 0 Å². The molecule has 1 aromatic rings. The van der Waals surface area contributed by atoms with E-state index in [1.807, 2.05) is 32.9 Å². The Morgan fingerprint density at radius 1 is 1.10 bits per heavy atom. The molecule has 0 saturated carbocycles. The molecule has 0 spiro atoms. The number of carbonyl (C=O) groups is 1. The van der Waals surface area contributed by atoms with Crippen LogP contribution in [-0.2, 0) is 30.0 Å². The number of hydrogen-bond donors (Lipinski definition) is 1. The molecule has 0 atom stereocenters. The maximum atomic E-state index is 14.4. The van der Waals surface area contributed by atoms with Crippen LogP contribution in [-0.4, -0.2) is 11.1 Å². The van der Waals surface area contributed by atoms with Crippen LogP contribution in [0.1, 0.15) is 55.9 Å². The topological polar surface area (TPSA) is 37.3 Å². The Labute approximate surface area is 118 Å². The molecule has 0 aliphatic carbocycles. The Bertz CT molecular complexity index is 456. The SMILES string of the molecule is CCc1cc(CC)c(C(F)(F)CCC(=O)O)c(CC)c1. The Balaban J connectivity index is 3.29. The van der Waals surface area contributed by atoms with Gasteiger partial charge in [0.2, 0.25) is 0 Å². The van der Waals surface area contributed by atoms with Crippen molar-refractivity contribution in [3.05, 3.63) is 34.4 Å². The summed E-state index contributed by atoms with van der Waals surface area (Å²) in [6, 6.07) is 3.65. The van der Waals surface area contributed by atoms with Gasteiger partial charge in [0.05, 0.1) is 6.42 Å². The van der Waals surface area contributed by atoms with E-state index in [9.17, 15) is 13.6 Å². The molecule has 0 aliphatic rings. The maximum Gasteiger partial charge on any atom is 0.303 e. The molecule has 1 N–H and O–H groups in total. The molecule has 2 nitrogen and oxygen atoms in total. The normalized spacial score (nSPS) is 11.7. The minimum Gasteiger partial charge on any atom is -0.481 e. The number of hydrogen-bond acceptors (Lipinski definition) is 1. The van der Waals surface area contributed by atoms with Crippen LogP contribution in [0.2, 0.25) is 0 Å². The lowest BCUT2D eigenvalue weighted by molar-refractivity contribution is -0.139. The first-order chi connectivity index (χ1) is 9.35. The fraction of sp³-hybridized carbons (Fsp3) is 0.562. The molecule has 1 rings (SSSR count). The molecular formula is C16H22F2O2. The number of aliphatic carboxylic acids is 1. The van der Waals surface area contributed by atoms with Crippen molar-refractivity contribution in [3.8, 4) is 0 Å². The fourth-order valence-corrected chi connectivity index (χ4v) is 2.46. The molecule has 1 aromatic carbocycles. The van der Waals surface area contributed by atoms with Crippen molar-refractivity contribution in [1.29, 1.82) is 0 Å². The lowest BCUT2D eigenvalue weighted by atomic mass is 9.88. The average Bonchev–Trinajstić information content (AvgIpc) is 2.43. The van der Waals surface area contributed by atoms with Crippen molar-refractivity contribution >= 4 is 5.97 Å². The van der Waals surface area contributed by atoms with E-state index in [0.29, 0.717) is 24.0 Å². The molecule has 0 bridgehead atoms. The second-order valence-electron chi connectivity index (χ2n) is 4.95. The van der Waals surface area contributed by atoms with Gasteiger partial charge in [-0.2, -0.15) is 0 Å². The Hall–Kier alpha value is -1.45. The highest BCUT2D eigenvalue weighted by molar-refractivity contribution is 5.66. The lowest BCUT2D eigenvalue weighted by Crippen LogP contribution is -2.20. The van der Waals surface area contributed by atoms with Crippen molar-refractivity contribution < 1.29 is 18.7 Å². The third-order valence-electron chi connectivity index (χ3n) is 3.55. The second kappa shape index (κ2) is 6.82. The zero-order chi connectivity index (χ0) is 15.3. The zero-order valence-corrected chi connectivity index (χ0v) is 12.3. The summed E-state index contributed by atoms with van der Waals surface area (Å²) in [6.07, 6.45) is 0.696. The number of alkyl halides is 2. The summed E-state index contributed by atoms with van der Waals surface area (Å²) in [5.74, 6) is -4.27. The maximum absolute atomic E-state index is 14.4. The van der Waals surface area contributed by atoms with E-state index in [2.05, 4.69) is 0 Å². The van der Waals surface area contributed by atoms with E-state index in [1.165, 1.54) is 0 Å². The van der Waals surface area contributed by atoms with Gasteiger partial charge in [-0.05, 0) is 36.0 Å². The molecule has 0 saturated heterocycles. The molecule has 0 fully saturated rings. The number of benzene rings is 1. The van der Waals surface area contributed by atoms with Crippen LogP contribution in [0.25, 0.3) is 0 Å². The number of aryl methyl sites for hydroxylation is 3. The van der Waals surface area contributed by atoms with Gasteiger partial charge in [-0.25, -0.2) is 8.78 Å². The van der Waals surface area contributed by atoms with Gasteiger partial charge in [0.15, 0.2) is 0 Å². The quantitative estimate of drug-likeness (QED) is 0.809. The Morgan fingerprint density at radius 3 is 1.95 bits per heavy atom. The lowest BCUT2D eigenvalue weighted by Gasteiger charge is -2.23. The molecule has 0 aromatic heterocycles. The smallest absolute Gasteiger partial charge is 0.303 e. The third kappa shape index (κ3) is 3.78. The molecule has 0 radical (unpaired) electrons. The predicted octanol–water partition coefficient (Wildman–Crippen LogP) is 4.33. The first-order valence-electron chi connectivity index (χ1n) is 7.10. The number of halogens is 2. The van der Waals surface area contributed by atoms with Crippen molar-refractivity contribution in [2.24, 2.45) is 0 Å². The first-order valence-corrected chi connectivity index (χ1v) is 7.10. The van der Waals surface area contributed by atoms with Crippen molar-refractivity contribution in [2.75, 3.05) is 0 Å². The van der Waals surface area contributed by atoms with Gasteiger partial charge in [0.1, 0.15) is 0 Å². The van der Waals surface area contributed by atoms with Gasteiger partial charge in [-0.3, -0.25) is 4.79 Å². The van der Waals surface area contributed by atoms with Crippen LogP contribution in [0, 0.1) is 0 Å². The number of rotatable bonds is 7. The van der Waals surface area contributed by atoms with Crippen molar-refractivity contribution in [3.63, 3.8) is 0 Å². The van der Waals surface area contributed by atoms with E-state index in [-0.39, 0.29) is 5.56 Å². The summed E-state index contributed by atoms with van der Waals surface area (Å²) in [7, 11) is 0. The summed E-state index contributed by atoms with van der Waals surface area (Å²) < 4.78 is 28.8. The van der Waals surface area contributed by atoms with Gasteiger partial charge in [-0.15, -0.1) is 0 Å². The van der Waals surface area contributed by atoms with Crippen LogP contribution in [0.3, 0.4) is 0 Å². The summed E-state index contributed by atoms with van der Waals surface area (Å²) in [5.41, 5.74) is 2.37. The molecule has 0 unspecified atom stereocenters. The monoisotopic (exact) mass is 284 g/mol. The Kier molecular flexibility index (Phi) is 5.66. The molecule has 0 amide bonds. The molecule has 20 heavy (non-hydrogen) atoms. The van der Waals surface area contributed by atoms with Crippen molar-refractivity contribution in [1.82, 2.24) is 0 Å². The van der Waals surface area contributed by atoms with E-state index >= 15 is 0 Å². The van der Waals surface area contributed by atoms with Crippen LogP contribution in [0.4, 0.5) is 8.78 Å². The summed E-state index contributed by atoms with van der Waals surface area (Å²) in [6.45, 7) is 5.70. The highest BCUT2D eigenvalue weighted by Crippen LogP contribution is 2.38. The summed E-state index contributed by atoms with van der Waals surface area (Å²) >= 11 is 0. The minimum absolute atomic E-state index is 0.0425. The average molecular weight is 284 g/mol. The predicted molar refractivity (Wildman–Crippen MR) is 75.3 cm³/mol. The van der Waals surface area contributed by atoms with Gasteiger partial charge >= 0.3 is 5.97 Å². The van der Waals surface area contributed by atoms with E-state index in [4.69, 9.17) is 5.11 Å². The first kappa shape index (κ1) is 16.6. The van der Waals surface area contributed by atoms with E-state index < -0.39 is 24.7 Å². The van der Waals surface area contributed by atoms with Gasteiger partial charge < -0.3 is 5.11 Å². The molecule has 0 heterocycles. The van der Waals surface area contributed by atoms with Gasteiger partial charge in [0.25, 0.3) is 5.92 Å². The molecular weight excluding hydrogens is 262 g/mol. The molecule has 112 valence electrons. The summed E-state index contributed by atoms with van der Waals surface area (Å²) in [5, 5.41) is 8.63. The van der Waals surface area contributed by atoms with Crippen molar-refractivity contribution in [2.45, 2.75) is 58.8 Å². The van der Waals surface area contributed by atoms with Crippen LogP contribution < -0.4 is 0 Å². The molecule has 0 aliphatic heterocycles. The fourth-order valence-electron chi connectivity index (χ4n) is 2.46. The highest BCUT2D eigenvalue weighted by Gasteiger charge is 2.36. The zero-order valence-electron chi connectivity index (χ0n) is 12.3. The summed E-state index contributed by atoms with van der Waals surface area (Å²) in [4.78, 5) is 10.6. The third-order valence-corrected chi connectivity index (χ3v) is 3.55. The standard InChI is InChI=1S/C16H22F2O2/c1-4-11-9-12(5-2)15(13(6-3)10-11)16(17,18)8-7-14(19)20/h9-10H,4-8H2,1-3H3,(H,19,20). The second-order valence-corrected chi connectivity index (χ2v) is 4.95. The minimum atomic E-state index is -3.08. The van der Waals surface area contributed by atoms with Crippen LogP contribution in [0.15, 0.2) is 12.1 Å². The van der Waals surface area contributed by atoms with Gasteiger partial charge in [0, 0.05) is 12.0 Å². The number of carboxylic acid groups (broad SMARTS) is 1. The Morgan fingerprint density at radius 2 is 1.60 bits per heavy atom. The highest BCUT2D eigenvalue weighted by atomic mass is 19.3. The number of carboxylic acids is 1. The van der Waals surface area contributed by atoms with Gasteiger partial charge in [-0.1, -0.05) is 32.9 Å². The van der Waals surface area contributed by atoms with Crippen LogP contribution in [0.5, 0.6) is 0 Å². The molecule has 4 heteroatoms. The van der Waals surface area contributed by atoms with Crippen LogP contribution >= 0.6 is 0 Å².